The molecule has 0 aliphatic rings. The van der Waals surface area contributed by atoms with Crippen LogP contribution in [-0.4, -0.2) is 11.5 Å². The maximum atomic E-state index is 4.85. The molecule has 3 heteroatoms. The van der Waals surface area contributed by atoms with E-state index in [1.807, 2.05) is 11.3 Å². The van der Waals surface area contributed by atoms with E-state index in [4.69, 9.17) is 4.98 Å². The van der Waals surface area contributed by atoms with Gasteiger partial charge in [-0.15, -0.1) is 11.3 Å². The van der Waals surface area contributed by atoms with Gasteiger partial charge in [0.2, 0.25) is 0 Å². The van der Waals surface area contributed by atoms with Gasteiger partial charge in [0.25, 0.3) is 0 Å². The summed E-state index contributed by atoms with van der Waals surface area (Å²) in [7, 11) is 0. The second-order valence-corrected chi connectivity index (χ2v) is 6.49. The van der Waals surface area contributed by atoms with Crippen molar-refractivity contribution >= 4 is 11.3 Å². The summed E-state index contributed by atoms with van der Waals surface area (Å²) < 4.78 is 0. The first-order valence-corrected chi connectivity index (χ1v) is 8.15. The first-order valence-electron chi connectivity index (χ1n) is 7.33. The van der Waals surface area contributed by atoms with E-state index < -0.39 is 0 Å². The molecule has 0 aliphatic carbocycles. The van der Waals surface area contributed by atoms with Crippen molar-refractivity contribution in [2.75, 3.05) is 6.54 Å². The summed E-state index contributed by atoms with van der Waals surface area (Å²) in [5.74, 6) is 0. The van der Waals surface area contributed by atoms with Crippen LogP contribution in [0.25, 0.3) is 0 Å². The number of benzene rings is 1. The Hall–Kier alpha value is -1.19. The molecule has 0 fully saturated rings. The van der Waals surface area contributed by atoms with Crippen molar-refractivity contribution < 1.29 is 0 Å². The number of thiazole rings is 1. The predicted molar refractivity (Wildman–Crippen MR) is 87.7 cm³/mol. The Morgan fingerprint density at radius 3 is 2.55 bits per heavy atom. The fourth-order valence-electron chi connectivity index (χ4n) is 2.51. The molecular formula is C17H24N2S. The van der Waals surface area contributed by atoms with E-state index in [0.29, 0.717) is 0 Å². The van der Waals surface area contributed by atoms with Crippen molar-refractivity contribution in [1.29, 1.82) is 0 Å². The predicted octanol–water partition coefficient (Wildman–Crippen LogP) is 4.33. The monoisotopic (exact) mass is 288 g/mol. The van der Waals surface area contributed by atoms with Gasteiger partial charge < -0.3 is 5.32 Å². The van der Waals surface area contributed by atoms with Crippen molar-refractivity contribution in [3.63, 3.8) is 0 Å². The van der Waals surface area contributed by atoms with Gasteiger partial charge in [-0.25, -0.2) is 4.98 Å². The molecule has 0 saturated carbocycles. The van der Waals surface area contributed by atoms with Crippen LogP contribution in [0.2, 0.25) is 0 Å². The standard InChI is InChI=1S/C17H24N2S/c1-6-15-13(5)20-17(19-15)16(18-7-2)14-10-11(3)8-9-12(14)4/h8-10,16,18H,6-7H2,1-5H3. The van der Waals surface area contributed by atoms with Gasteiger partial charge in [-0.1, -0.05) is 37.6 Å². The summed E-state index contributed by atoms with van der Waals surface area (Å²) in [4.78, 5) is 6.19. The molecule has 2 nitrogen and oxygen atoms in total. The largest absolute Gasteiger partial charge is 0.305 e. The molecule has 20 heavy (non-hydrogen) atoms. The molecule has 0 spiro atoms. The molecule has 0 bridgehead atoms. The summed E-state index contributed by atoms with van der Waals surface area (Å²) in [6.07, 6.45) is 1.01. The average molecular weight is 288 g/mol. The fraction of sp³-hybridized carbons (Fsp3) is 0.471. The molecule has 0 radical (unpaired) electrons. The lowest BCUT2D eigenvalue weighted by Gasteiger charge is -2.19. The van der Waals surface area contributed by atoms with Crippen molar-refractivity contribution in [3.05, 3.63) is 50.5 Å². The zero-order valence-electron chi connectivity index (χ0n) is 13.1. The molecule has 1 N–H and O–H groups in total. The number of aryl methyl sites for hydroxylation is 4. The molecule has 2 rings (SSSR count). The summed E-state index contributed by atoms with van der Waals surface area (Å²) in [5.41, 5.74) is 5.21. The minimum absolute atomic E-state index is 0.212. The summed E-state index contributed by atoms with van der Waals surface area (Å²) in [6.45, 7) is 11.8. The van der Waals surface area contributed by atoms with E-state index in [2.05, 4.69) is 58.1 Å². The van der Waals surface area contributed by atoms with Gasteiger partial charge in [0, 0.05) is 4.88 Å². The number of aromatic nitrogens is 1. The highest BCUT2D eigenvalue weighted by Gasteiger charge is 2.20. The highest BCUT2D eigenvalue weighted by atomic mass is 32.1. The van der Waals surface area contributed by atoms with Gasteiger partial charge in [-0.05, 0) is 44.9 Å². The van der Waals surface area contributed by atoms with Crippen molar-refractivity contribution in [2.45, 2.75) is 47.1 Å². The molecular weight excluding hydrogens is 264 g/mol. The maximum absolute atomic E-state index is 4.85. The fourth-order valence-corrected chi connectivity index (χ4v) is 3.61. The minimum atomic E-state index is 0.212. The molecule has 1 unspecified atom stereocenters. The van der Waals surface area contributed by atoms with Gasteiger partial charge in [0.1, 0.15) is 5.01 Å². The van der Waals surface area contributed by atoms with Gasteiger partial charge >= 0.3 is 0 Å². The van der Waals surface area contributed by atoms with Crippen LogP contribution in [-0.2, 0) is 6.42 Å². The average Bonchev–Trinajstić information content (AvgIpc) is 2.80. The second-order valence-electron chi connectivity index (χ2n) is 5.26. The molecule has 0 amide bonds. The van der Waals surface area contributed by atoms with Crippen LogP contribution in [0.1, 0.15) is 52.2 Å². The van der Waals surface area contributed by atoms with Crippen LogP contribution in [0.4, 0.5) is 0 Å². The Labute approximate surface area is 126 Å². The van der Waals surface area contributed by atoms with Gasteiger partial charge in [0.05, 0.1) is 11.7 Å². The topological polar surface area (TPSA) is 24.9 Å². The van der Waals surface area contributed by atoms with Gasteiger partial charge in [-0.3, -0.25) is 0 Å². The third-order valence-corrected chi connectivity index (χ3v) is 4.72. The summed E-state index contributed by atoms with van der Waals surface area (Å²) in [6, 6.07) is 6.87. The molecule has 1 heterocycles. The zero-order valence-corrected chi connectivity index (χ0v) is 13.9. The van der Waals surface area contributed by atoms with E-state index in [0.717, 1.165) is 13.0 Å². The van der Waals surface area contributed by atoms with Crippen LogP contribution >= 0.6 is 11.3 Å². The van der Waals surface area contributed by atoms with Crippen molar-refractivity contribution in [3.8, 4) is 0 Å². The number of rotatable bonds is 5. The Morgan fingerprint density at radius 2 is 1.95 bits per heavy atom. The smallest absolute Gasteiger partial charge is 0.115 e. The highest BCUT2D eigenvalue weighted by molar-refractivity contribution is 7.11. The van der Waals surface area contributed by atoms with Gasteiger partial charge in [-0.2, -0.15) is 0 Å². The Morgan fingerprint density at radius 1 is 1.20 bits per heavy atom. The lowest BCUT2D eigenvalue weighted by Crippen LogP contribution is -2.22. The Bertz CT molecular complexity index is 587. The van der Waals surface area contributed by atoms with Crippen LogP contribution in [0.5, 0.6) is 0 Å². The van der Waals surface area contributed by atoms with E-state index in [1.54, 1.807) is 0 Å². The zero-order chi connectivity index (χ0) is 14.7. The molecule has 108 valence electrons. The normalized spacial score (nSPS) is 12.7. The minimum Gasteiger partial charge on any atom is -0.305 e. The third-order valence-electron chi connectivity index (χ3n) is 3.65. The molecule has 1 atom stereocenters. The van der Waals surface area contributed by atoms with E-state index in [-0.39, 0.29) is 6.04 Å². The van der Waals surface area contributed by atoms with Gasteiger partial charge in [0.15, 0.2) is 0 Å². The third kappa shape index (κ3) is 3.10. The van der Waals surface area contributed by atoms with E-state index >= 15 is 0 Å². The lowest BCUT2D eigenvalue weighted by atomic mass is 9.99. The SMILES string of the molecule is CCNC(c1nc(CC)c(C)s1)c1cc(C)ccc1C. The first kappa shape index (κ1) is 15.2. The molecule has 2 aromatic rings. The summed E-state index contributed by atoms with van der Waals surface area (Å²) >= 11 is 1.82. The molecule has 1 aromatic heterocycles. The maximum Gasteiger partial charge on any atom is 0.115 e. The molecule has 0 aliphatic heterocycles. The van der Waals surface area contributed by atoms with Crippen LogP contribution in [0, 0.1) is 20.8 Å². The summed E-state index contributed by atoms with van der Waals surface area (Å²) in [5, 5.41) is 4.79. The first-order chi connectivity index (χ1) is 9.56. The highest BCUT2D eigenvalue weighted by Crippen LogP contribution is 2.30. The second kappa shape index (κ2) is 6.51. The Balaban J connectivity index is 2.46. The Kier molecular flexibility index (Phi) is 4.95. The van der Waals surface area contributed by atoms with Crippen LogP contribution in [0.15, 0.2) is 18.2 Å². The number of hydrogen-bond donors (Lipinski definition) is 1. The van der Waals surface area contributed by atoms with Crippen molar-refractivity contribution in [2.24, 2.45) is 0 Å². The van der Waals surface area contributed by atoms with E-state index in [1.165, 1.54) is 32.3 Å². The molecule has 1 aromatic carbocycles. The van der Waals surface area contributed by atoms with Crippen LogP contribution in [0.3, 0.4) is 0 Å². The number of nitrogens with one attached hydrogen (secondary N) is 1. The quantitative estimate of drug-likeness (QED) is 0.886. The van der Waals surface area contributed by atoms with Crippen LogP contribution < -0.4 is 5.32 Å². The van der Waals surface area contributed by atoms with E-state index in [9.17, 15) is 0 Å². The van der Waals surface area contributed by atoms with Crippen molar-refractivity contribution in [1.82, 2.24) is 10.3 Å². The lowest BCUT2D eigenvalue weighted by molar-refractivity contribution is 0.622. The number of hydrogen-bond acceptors (Lipinski definition) is 3. The molecule has 0 saturated heterocycles. The number of nitrogens with zero attached hydrogens (tertiary/aromatic N) is 1.